The van der Waals surface area contributed by atoms with Gasteiger partial charge < -0.3 is 9.47 Å². The predicted octanol–water partition coefficient (Wildman–Crippen LogP) is 4.46. The number of aromatic nitrogens is 3. The molecule has 1 fully saturated rings. The molecule has 1 saturated heterocycles. The lowest BCUT2D eigenvalue weighted by Crippen LogP contribution is -2.38. The number of thiazole rings is 1. The molecule has 1 unspecified atom stereocenters. The summed E-state index contributed by atoms with van der Waals surface area (Å²) in [6.45, 7) is 3.64. The van der Waals surface area contributed by atoms with Crippen molar-refractivity contribution in [1.82, 2.24) is 15.0 Å². The first kappa shape index (κ1) is 19.8. The Bertz CT molecular complexity index is 1240. The van der Waals surface area contributed by atoms with Gasteiger partial charge in [-0.1, -0.05) is 29.5 Å². The van der Waals surface area contributed by atoms with Crippen LogP contribution in [0.15, 0.2) is 48.7 Å². The van der Waals surface area contributed by atoms with Gasteiger partial charge in [0.05, 0.1) is 41.2 Å². The summed E-state index contributed by atoms with van der Waals surface area (Å²) in [6.07, 6.45) is 3.43. The minimum Gasteiger partial charge on any atom is -0.492 e. The molecule has 0 aliphatic carbocycles. The first-order chi connectivity index (χ1) is 15.2. The van der Waals surface area contributed by atoms with Gasteiger partial charge in [-0.2, -0.15) is 0 Å². The van der Waals surface area contributed by atoms with Crippen LogP contribution in [0.2, 0.25) is 0 Å². The van der Waals surface area contributed by atoms with Gasteiger partial charge in [0.2, 0.25) is 0 Å². The smallest absolute Gasteiger partial charge is 0.280 e. The highest BCUT2D eigenvalue weighted by atomic mass is 32.1. The molecule has 4 aromatic rings. The highest BCUT2D eigenvalue weighted by molar-refractivity contribution is 7.22. The van der Waals surface area contributed by atoms with Crippen LogP contribution in [0.3, 0.4) is 0 Å². The van der Waals surface area contributed by atoms with Crippen molar-refractivity contribution in [2.24, 2.45) is 0 Å². The molecule has 7 nitrogen and oxygen atoms in total. The monoisotopic (exact) mass is 434 g/mol. The second-order valence-electron chi connectivity index (χ2n) is 7.33. The quantitative estimate of drug-likeness (QED) is 0.446. The number of rotatable bonds is 6. The third kappa shape index (κ3) is 3.96. The molecule has 0 bridgehead atoms. The molecule has 3 heterocycles. The molecule has 0 N–H and O–H groups in total. The number of fused-ring (bicyclic) bond motifs is 2. The maximum atomic E-state index is 13.6. The van der Waals surface area contributed by atoms with Crippen molar-refractivity contribution in [1.29, 1.82) is 0 Å². The minimum atomic E-state index is -0.231. The second kappa shape index (κ2) is 8.56. The highest BCUT2D eigenvalue weighted by Gasteiger charge is 2.28. The van der Waals surface area contributed by atoms with Crippen LogP contribution in [0.25, 0.3) is 21.3 Å². The van der Waals surface area contributed by atoms with Crippen molar-refractivity contribution in [3.63, 3.8) is 0 Å². The van der Waals surface area contributed by atoms with Crippen molar-refractivity contribution >= 4 is 43.6 Å². The van der Waals surface area contributed by atoms with E-state index in [-0.39, 0.29) is 12.0 Å². The Labute approximate surface area is 183 Å². The zero-order chi connectivity index (χ0) is 21.2. The van der Waals surface area contributed by atoms with Gasteiger partial charge >= 0.3 is 0 Å². The van der Waals surface area contributed by atoms with Crippen LogP contribution in [-0.2, 0) is 4.74 Å². The Morgan fingerprint density at radius 3 is 2.87 bits per heavy atom. The van der Waals surface area contributed by atoms with E-state index in [4.69, 9.17) is 14.5 Å². The van der Waals surface area contributed by atoms with Crippen LogP contribution in [0.4, 0.5) is 5.13 Å². The molecule has 1 aliphatic heterocycles. The van der Waals surface area contributed by atoms with Crippen molar-refractivity contribution in [2.75, 3.05) is 24.7 Å². The third-order valence-corrected chi connectivity index (χ3v) is 6.27. The minimum absolute atomic E-state index is 0.0178. The Balaban J connectivity index is 1.55. The average molecular weight is 435 g/mol. The van der Waals surface area contributed by atoms with Gasteiger partial charge in [-0.15, -0.1) is 0 Å². The van der Waals surface area contributed by atoms with E-state index < -0.39 is 0 Å². The number of anilines is 1. The Hall–Kier alpha value is -3.10. The SMILES string of the molecule is CCOc1cccc2sc(N(CC3CCCO3)C(=O)c3cnc4ccccc4n3)nc12. The fraction of sp³-hybridized carbons (Fsp3) is 0.304. The van der Waals surface area contributed by atoms with Gasteiger partial charge in [-0.25, -0.2) is 9.97 Å². The fourth-order valence-corrected chi connectivity index (χ4v) is 4.73. The topological polar surface area (TPSA) is 77.4 Å². The lowest BCUT2D eigenvalue weighted by Gasteiger charge is -2.22. The molecule has 2 aromatic carbocycles. The number of amides is 1. The Morgan fingerprint density at radius 2 is 2.06 bits per heavy atom. The van der Waals surface area contributed by atoms with Gasteiger partial charge in [-0.3, -0.25) is 14.7 Å². The molecule has 1 atom stereocenters. The predicted molar refractivity (Wildman–Crippen MR) is 121 cm³/mol. The van der Waals surface area contributed by atoms with Crippen LogP contribution >= 0.6 is 11.3 Å². The number of carbonyl (C=O) groups is 1. The first-order valence-corrected chi connectivity index (χ1v) is 11.2. The molecule has 0 radical (unpaired) electrons. The van der Waals surface area contributed by atoms with E-state index in [0.717, 1.165) is 40.9 Å². The summed E-state index contributed by atoms with van der Waals surface area (Å²) in [7, 11) is 0. The summed E-state index contributed by atoms with van der Waals surface area (Å²) in [6, 6.07) is 13.4. The van der Waals surface area contributed by atoms with Crippen LogP contribution in [0.1, 0.15) is 30.3 Å². The molecule has 0 spiro atoms. The maximum Gasteiger partial charge on any atom is 0.280 e. The summed E-state index contributed by atoms with van der Waals surface area (Å²) in [5, 5.41) is 0.609. The molecule has 158 valence electrons. The number of nitrogens with zero attached hydrogens (tertiary/aromatic N) is 4. The molecule has 1 amide bonds. The zero-order valence-electron chi connectivity index (χ0n) is 17.2. The van der Waals surface area contributed by atoms with E-state index >= 15 is 0 Å². The third-order valence-electron chi connectivity index (χ3n) is 5.22. The van der Waals surface area contributed by atoms with Crippen LogP contribution in [0, 0.1) is 0 Å². The molecule has 8 heteroatoms. The fourth-order valence-electron chi connectivity index (χ4n) is 3.74. The summed E-state index contributed by atoms with van der Waals surface area (Å²) < 4.78 is 12.5. The molecule has 0 saturated carbocycles. The standard InChI is InChI=1S/C23H22N4O3S/c1-2-29-19-10-5-11-20-21(19)26-23(31-20)27(14-15-7-6-12-30-15)22(28)18-13-24-16-8-3-4-9-17(16)25-18/h3-5,8-11,13,15H,2,6-7,12,14H2,1H3. The van der Waals surface area contributed by atoms with E-state index in [1.54, 1.807) is 4.90 Å². The number of ether oxygens (including phenoxy) is 2. The second-order valence-corrected chi connectivity index (χ2v) is 8.34. The van der Waals surface area contributed by atoms with E-state index in [9.17, 15) is 4.79 Å². The number of benzene rings is 2. The number of hydrogen-bond acceptors (Lipinski definition) is 7. The van der Waals surface area contributed by atoms with Crippen molar-refractivity contribution in [2.45, 2.75) is 25.9 Å². The van der Waals surface area contributed by atoms with Crippen LogP contribution in [-0.4, -0.2) is 46.7 Å². The van der Waals surface area contributed by atoms with Crippen molar-refractivity contribution in [3.8, 4) is 5.75 Å². The number of para-hydroxylation sites is 3. The summed E-state index contributed by atoms with van der Waals surface area (Å²) in [5.41, 5.74) is 2.50. The highest BCUT2D eigenvalue weighted by Crippen LogP contribution is 2.35. The van der Waals surface area contributed by atoms with Gasteiger partial charge in [-0.05, 0) is 44.0 Å². The first-order valence-electron chi connectivity index (χ1n) is 10.4. The van der Waals surface area contributed by atoms with Gasteiger partial charge in [0.15, 0.2) is 5.13 Å². The van der Waals surface area contributed by atoms with Gasteiger partial charge in [0, 0.05) is 6.61 Å². The largest absolute Gasteiger partial charge is 0.492 e. The molecular formula is C23H22N4O3S. The number of carbonyl (C=O) groups excluding carboxylic acids is 1. The average Bonchev–Trinajstić information content (AvgIpc) is 3.47. The lowest BCUT2D eigenvalue weighted by atomic mass is 10.2. The van der Waals surface area contributed by atoms with E-state index in [2.05, 4.69) is 9.97 Å². The van der Waals surface area contributed by atoms with E-state index in [1.807, 2.05) is 49.4 Å². The van der Waals surface area contributed by atoms with Crippen molar-refractivity contribution in [3.05, 3.63) is 54.4 Å². The van der Waals surface area contributed by atoms with Crippen molar-refractivity contribution < 1.29 is 14.3 Å². The molecule has 31 heavy (non-hydrogen) atoms. The summed E-state index contributed by atoms with van der Waals surface area (Å²) in [5.74, 6) is 0.489. The molecular weight excluding hydrogens is 412 g/mol. The Kier molecular flexibility index (Phi) is 5.48. The zero-order valence-corrected chi connectivity index (χ0v) is 18.0. The molecule has 1 aliphatic rings. The van der Waals surface area contributed by atoms with Gasteiger partial charge in [0.1, 0.15) is 17.0 Å². The summed E-state index contributed by atoms with van der Waals surface area (Å²) >= 11 is 1.47. The maximum absolute atomic E-state index is 13.6. The molecule has 2 aromatic heterocycles. The number of hydrogen-bond donors (Lipinski definition) is 0. The van der Waals surface area contributed by atoms with E-state index in [0.29, 0.717) is 29.5 Å². The van der Waals surface area contributed by atoms with Crippen LogP contribution in [0.5, 0.6) is 5.75 Å². The summed E-state index contributed by atoms with van der Waals surface area (Å²) in [4.78, 5) is 29.0. The molecule has 5 rings (SSSR count). The van der Waals surface area contributed by atoms with Gasteiger partial charge in [0.25, 0.3) is 5.91 Å². The Morgan fingerprint density at radius 1 is 1.19 bits per heavy atom. The normalized spacial score (nSPS) is 16.1. The van der Waals surface area contributed by atoms with Crippen LogP contribution < -0.4 is 9.64 Å². The van der Waals surface area contributed by atoms with E-state index in [1.165, 1.54) is 17.5 Å². The lowest BCUT2D eigenvalue weighted by molar-refractivity contribution is 0.0913.